The van der Waals surface area contributed by atoms with Crippen LogP contribution in [0.25, 0.3) is 0 Å². The van der Waals surface area contributed by atoms with E-state index in [-0.39, 0.29) is 65.2 Å². The number of furan rings is 2. The molecule has 4 aromatic rings. The van der Waals surface area contributed by atoms with Crippen molar-refractivity contribution in [2.45, 2.75) is 18.8 Å². The van der Waals surface area contributed by atoms with Gasteiger partial charge in [-0.25, -0.2) is 26.3 Å². The second-order valence-corrected chi connectivity index (χ2v) is 12.0. The first-order chi connectivity index (χ1) is 20.9. The summed E-state index contributed by atoms with van der Waals surface area (Å²) >= 11 is 0. The summed E-state index contributed by atoms with van der Waals surface area (Å²) < 4.78 is 94.2. The molecule has 3 heterocycles. The minimum Gasteiger partial charge on any atom is -0.857 e. The van der Waals surface area contributed by atoms with E-state index in [0.717, 1.165) is 44.6 Å². The number of carbonyl (C=O) groups excluding carboxylic acids is 2. The summed E-state index contributed by atoms with van der Waals surface area (Å²) in [4.78, 5) is 23.8. The van der Waals surface area contributed by atoms with Gasteiger partial charge in [-0.3, -0.25) is 9.52 Å². The molecule has 0 saturated heterocycles. The average molecular weight is 678 g/mol. The van der Waals surface area contributed by atoms with Crippen molar-refractivity contribution < 1.29 is 83.4 Å². The SMILES string of the molecule is COC(=O)c1cc(F)ccc1NS(=O)(=O)NCc1ccco1.C[O-].O=C1c2cc(F)ccc2CS(=O)(=O)N1Cc1ccco1.[Na+]. The number of ether oxygens (including phenoxy) is 1. The maximum atomic E-state index is 13.2. The van der Waals surface area contributed by atoms with Crippen molar-refractivity contribution in [1.82, 2.24) is 9.03 Å². The van der Waals surface area contributed by atoms with E-state index in [2.05, 4.69) is 14.2 Å². The Hall–Kier alpha value is -3.58. The monoisotopic (exact) mass is 677 g/mol. The Morgan fingerprint density at radius 1 is 1.00 bits per heavy atom. The minimum atomic E-state index is -3.98. The van der Waals surface area contributed by atoms with Crippen LogP contribution in [-0.2, 0) is 43.8 Å². The zero-order chi connectivity index (χ0) is 32.5. The van der Waals surface area contributed by atoms with Gasteiger partial charge < -0.3 is 18.7 Å². The van der Waals surface area contributed by atoms with Crippen LogP contribution in [-0.4, -0.2) is 47.2 Å². The first-order valence-electron chi connectivity index (χ1n) is 12.3. The molecule has 0 bridgehead atoms. The smallest absolute Gasteiger partial charge is 0.857 e. The number of esters is 1. The van der Waals surface area contributed by atoms with Crippen molar-refractivity contribution in [3.05, 3.63) is 113 Å². The summed E-state index contributed by atoms with van der Waals surface area (Å²) in [5, 5.41) is 8.25. The molecule has 0 saturated carbocycles. The molecule has 0 fully saturated rings. The van der Waals surface area contributed by atoms with Crippen molar-refractivity contribution in [2.24, 2.45) is 0 Å². The molecule has 5 rings (SSSR count). The van der Waals surface area contributed by atoms with Crippen LogP contribution < -0.4 is 44.1 Å². The topological polar surface area (TPSA) is 188 Å². The fourth-order valence-corrected chi connectivity index (χ4v) is 6.11. The van der Waals surface area contributed by atoms with Crippen LogP contribution in [0.5, 0.6) is 0 Å². The second-order valence-electron chi connectivity index (χ2n) is 8.64. The van der Waals surface area contributed by atoms with Crippen LogP contribution in [0.15, 0.2) is 82.0 Å². The third-order valence-corrected chi connectivity index (χ3v) is 8.39. The van der Waals surface area contributed by atoms with Crippen LogP contribution in [0.4, 0.5) is 14.5 Å². The van der Waals surface area contributed by atoms with Crippen LogP contribution in [0.1, 0.15) is 37.8 Å². The quantitative estimate of drug-likeness (QED) is 0.182. The molecule has 0 radical (unpaired) electrons. The molecule has 18 heteroatoms. The first kappa shape index (κ1) is 37.6. The molecule has 236 valence electrons. The predicted molar refractivity (Wildman–Crippen MR) is 149 cm³/mol. The van der Waals surface area contributed by atoms with Crippen molar-refractivity contribution in [1.29, 1.82) is 0 Å². The number of methoxy groups -OCH3 is 1. The van der Waals surface area contributed by atoms with Crippen molar-refractivity contribution in [2.75, 3.05) is 18.9 Å². The number of anilines is 1. The van der Waals surface area contributed by atoms with Crippen LogP contribution in [0.3, 0.4) is 0 Å². The van der Waals surface area contributed by atoms with Gasteiger partial charge in [0.25, 0.3) is 16.1 Å². The summed E-state index contributed by atoms with van der Waals surface area (Å²) in [6.45, 7) is -0.263. The zero-order valence-electron chi connectivity index (χ0n) is 24.2. The number of amides is 1. The Labute approximate surface area is 279 Å². The Morgan fingerprint density at radius 2 is 1.60 bits per heavy atom. The first-order valence-corrected chi connectivity index (χ1v) is 15.4. The number of nitrogens with one attached hydrogen (secondary N) is 2. The largest absolute Gasteiger partial charge is 1.00 e. The predicted octanol–water partition coefficient (Wildman–Crippen LogP) is -0.463. The summed E-state index contributed by atoms with van der Waals surface area (Å²) in [5.74, 6) is -2.42. The second kappa shape index (κ2) is 16.6. The molecule has 13 nitrogen and oxygen atoms in total. The minimum absolute atomic E-state index is 0. The van der Waals surface area contributed by atoms with Gasteiger partial charge in [-0.2, -0.15) is 20.2 Å². The fourth-order valence-electron chi connectivity index (χ4n) is 3.77. The fraction of sp³-hybridized carbons (Fsp3) is 0.185. The summed E-state index contributed by atoms with van der Waals surface area (Å²) in [6, 6.07) is 13.0. The standard InChI is InChI=1S/C13H13FN2O5S.C13H10FNO4S.CH3O.Na/c1-20-13(17)11-7-9(14)4-5-12(11)16-22(18,19)15-8-10-3-2-6-21-10;14-10-4-3-9-8-20(17,18)15(13(16)12(9)6-10)7-11-2-1-5-19-11;1-2;/h2-7,15-16H,8H2,1H3;1-6H,7-8H2;1H3;/q;;-1;+1. The van der Waals surface area contributed by atoms with Gasteiger partial charge in [-0.1, -0.05) is 6.07 Å². The molecular formula is C27H26F2N3NaO10S2. The Balaban J connectivity index is 0.000000292. The molecule has 2 aromatic carbocycles. The summed E-state index contributed by atoms with van der Waals surface area (Å²) in [7, 11) is -5.89. The van der Waals surface area contributed by atoms with E-state index < -0.39 is 43.7 Å². The molecule has 2 N–H and O–H groups in total. The van der Waals surface area contributed by atoms with E-state index in [1.165, 1.54) is 18.6 Å². The molecule has 45 heavy (non-hydrogen) atoms. The third-order valence-electron chi connectivity index (χ3n) is 5.73. The van der Waals surface area contributed by atoms with E-state index in [4.69, 9.17) is 13.9 Å². The van der Waals surface area contributed by atoms with Crippen LogP contribution in [0, 0.1) is 11.6 Å². The van der Waals surface area contributed by atoms with Gasteiger partial charge in [0, 0.05) is 5.56 Å². The van der Waals surface area contributed by atoms with Gasteiger partial charge in [0.2, 0.25) is 10.0 Å². The van der Waals surface area contributed by atoms with Crippen molar-refractivity contribution in [3.63, 3.8) is 0 Å². The maximum Gasteiger partial charge on any atom is 1.00 e. The number of hydrogen-bond donors (Lipinski definition) is 2. The van der Waals surface area contributed by atoms with E-state index in [1.54, 1.807) is 24.3 Å². The van der Waals surface area contributed by atoms with Gasteiger partial charge in [0.15, 0.2) is 0 Å². The Kier molecular flexibility index (Phi) is 13.9. The van der Waals surface area contributed by atoms with E-state index in [9.17, 15) is 35.2 Å². The molecule has 1 amide bonds. The Bertz CT molecular complexity index is 1800. The van der Waals surface area contributed by atoms with E-state index in [1.807, 2.05) is 0 Å². The average Bonchev–Trinajstić information content (AvgIpc) is 3.71. The number of halogens is 2. The number of hydrogen-bond acceptors (Lipinski definition) is 10. The molecule has 1 aliphatic rings. The molecule has 1 aliphatic heterocycles. The van der Waals surface area contributed by atoms with E-state index in [0.29, 0.717) is 21.4 Å². The zero-order valence-corrected chi connectivity index (χ0v) is 27.8. The third kappa shape index (κ3) is 10.2. The molecule has 0 unspecified atom stereocenters. The molecule has 0 aliphatic carbocycles. The molecular weight excluding hydrogens is 651 g/mol. The number of carbonyl (C=O) groups is 2. The summed E-state index contributed by atoms with van der Waals surface area (Å²) in [5.41, 5.74) is 0.0598. The normalized spacial score (nSPS) is 13.2. The number of sulfonamides is 1. The van der Waals surface area contributed by atoms with Crippen molar-refractivity contribution in [3.8, 4) is 0 Å². The van der Waals surface area contributed by atoms with Gasteiger partial charge in [0.05, 0.1) is 49.7 Å². The van der Waals surface area contributed by atoms with Gasteiger partial charge in [-0.05, 0) is 60.2 Å². The summed E-state index contributed by atoms with van der Waals surface area (Å²) in [6.07, 6.45) is 2.80. The number of fused-ring (bicyclic) bond motifs is 1. The van der Waals surface area contributed by atoms with Crippen molar-refractivity contribution >= 4 is 37.8 Å². The number of nitrogens with zero attached hydrogens (tertiary/aromatic N) is 1. The molecule has 2 aromatic heterocycles. The van der Waals surface area contributed by atoms with E-state index >= 15 is 0 Å². The van der Waals surface area contributed by atoms with Crippen LogP contribution in [0.2, 0.25) is 0 Å². The van der Waals surface area contributed by atoms with Gasteiger partial charge in [0.1, 0.15) is 23.2 Å². The molecule has 0 spiro atoms. The van der Waals surface area contributed by atoms with Crippen LogP contribution >= 0.6 is 0 Å². The maximum absolute atomic E-state index is 13.2. The number of benzene rings is 2. The number of rotatable bonds is 8. The van der Waals surface area contributed by atoms with Gasteiger partial charge in [-0.15, -0.1) is 0 Å². The Morgan fingerprint density at radius 3 is 2.20 bits per heavy atom. The molecule has 0 atom stereocenters. The van der Waals surface area contributed by atoms with Gasteiger partial charge >= 0.3 is 35.5 Å².